The summed E-state index contributed by atoms with van der Waals surface area (Å²) in [4.78, 5) is 12.0. The molecule has 1 atom stereocenters. The lowest BCUT2D eigenvalue weighted by molar-refractivity contribution is 0.0940. The normalized spacial score (nSPS) is 19.9. The van der Waals surface area contributed by atoms with Gasteiger partial charge in [-0.25, -0.2) is 0 Å². The van der Waals surface area contributed by atoms with E-state index in [-0.39, 0.29) is 11.5 Å². The molecule has 0 N–H and O–H groups in total. The van der Waals surface area contributed by atoms with Crippen molar-refractivity contribution in [2.45, 2.75) is 18.9 Å². The molecule has 17 heavy (non-hydrogen) atoms. The van der Waals surface area contributed by atoms with Gasteiger partial charge in [0, 0.05) is 17.1 Å². The van der Waals surface area contributed by atoms with Crippen LogP contribution in [-0.2, 0) is 4.74 Å². The first-order chi connectivity index (χ1) is 8.24. The molecule has 0 unspecified atom stereocenters. The smallest absolute Gasteiger partial charge is 0.193 e. The van der Waals surface area contributed by atoms with E-state index in [2.05, 4.69) is 15.9 Å². The zero-order chi connectivity index (χ0) is 11.8. The van der Waals surface area contributed by atoms with E-state index in [4.69, 9.17) is 9.15 Å². The van der Waals surface area contributed by atoms with Gasteiger partial charge in [0.25, 0.3) is 0 Å². The monoisotopic (exact) mass is 294 g/mol. The minimum Gasteiger partial charge on any atom is -0.458 e. The van der Waals surface area contributed by atoms with Crippen LogP contribution in [0.4, 0.5) is 0 Å². The van der Waals surface area contributed by atoms with E-state index < -0.39 is 0 Å². The summed E-state index contributed by atoms with van der Waals surface area (Å²) < 4.78 is 12.1. The predicted molar refractivity (Wildman–Crippen MR) is 68.1 cm³/mol. The van der Waals surface area contributed by atoms with Crippen LogP contribution in [0.25, 0.3) is 11.0 Å². The molecule has 0 bridgehead atoms. The maximum Gasteiger partial charge on any atom is 0.193 e. The SMILES string of the molecule is O=c1cc([C@@H]2CCCO2)oc2ccc(Br)cc12. The van der Waals surface area contributed by atoms with Crippen LogP contribution in [-0.4, -0.2) is 6.61 Å². The Morgan fingerprint density at radius 1 is 1.29 bits per heavy atom. The Morgan fingerprint density at radius 3 is 2.94 bits per heavy atom. The van der Waals surface area contributed by atoms with Gasteiger partial charge in [0.15, 0.2) is 5.43 Å². The van der Waals surface area contributed by atoms with Gasteiger partial charge >= 0.3 is 0 Å². The summed E-state index contributed by atoms with van der Waals surface area (Å²) in [7, 11) is 0. The molecule has 1 aromatic carbocycles. The molecule has 2 heterocycles. The van der Waals surface area contributed by atoms with E-state index in [1.165, 1.54) is 0 Å². The third kappa shape index (κ3) is 2.03. The molecule has 1 aliphatic heterocycles. The molecule has 0 saturated carbocycles. The second-order valence-electron chi connectivity index (χ2n) is 4.16. The van der Waals surface area contributed by atoms with E-state index in [0.29, 0.717) is 16.7 Å². The van der Waals surface area contributed by atoms with Gasteiger partial charge in [0.05, 0.1) is 5.39 Å². The van der Waals surface area contributed by atoms with Gasteiger partial charge in [-0.3, -0.25) is 4.79 Å². The number of halogens is 1. The van der Waals surface area contributed by atoms with Crippen LogP contribution in [0.1, 0.15) is 24.7 Å². The molecule has 2 aromatic rings. The van der Waals surface area contributed by atoms with Crippen LogP contribution in [0.15, 0.2) is 37.9 Å². The fourth-order valence-electron chi connectivity index (χ4n) is 2.11. The minimum absolute atomic E-state index is 0.0157. The van der Waals surface area contributed by atoms with Crippen LogP contribution in [0.3, 0.4) is 0 Å². The Bertz CT molecular complexity index is 612. The van der Waals surface area contributed by atoms with Crippen molar-refractivity contribution in [3.05, 3.63) is 44.7 Å². The molecule has 88 valence electrons. The molecule has 0 aliphatic carbocycles. The van der Waals surface area contributed by atoms with Gasteiger partial charge in [0.1, 0.15) is 17.4 Å². The molecule has 1 saturated heterocycles. The Hall–Kier alpha value is -1.13. The molecule has 3 rings (SSSR count). The molecule has 0 radical (unpaired) electrons. The predicted octanol–water partition coefficient (Wildman–Crippen LogP) is 3.41. The van der Waals surface area contributed by atoms with Crippen molar-refractivity contribution < 1.29 is 9.15 Å². The highest BCUT2D eigenvalue weighted by Crippen LogP contribution is 2.29. The maximum absolute atomic E-state index is 12.0. The number of hydrogen-bond acceptors (Lipinski definition) is 3. The molecule has 0 amide bonds. The van der Waals surface area contributed by atoms with Crippen LogP contribution in [0.2, 0.25) is 0 Å². The fraction of sp³-hybridized carbons (Fsp3) is 0.308. The lowest BCUT2D eigenvalue weighted by Gasteiger charge is -2.08. The molecule has 3 nitrogen and oxygen atoms in total. The van der Waals surface area contributed by atoms with Crippen molar-refractivity contribution in [3.63, 3.8) is 0 Å². The molecule has 1 aliphatic rings. The van der Waals surface area contributed by atoms with Gasteiger partial charge in [-0.05, 0) is 31.0 Å². The van der Waals surface area contributed by atoms with Crippen molar-refractivity contribution in [3.8, 4) is 0 Å². The Kier molecular flexibility index (Phi) is 2.76. The van der Waals surface area contributed by atoms with Gasteiger partial charge in [-0.2, -0.15) is 0 Å². The number of rotatable bonds is 1. The summed E-state index contributed by atoms with van der Waals surface area (Å²) in [5.74, 6) is 0.641. The lowest BCUT2D eigenvalue weighted by Crippen LogP contribution is -2.05. The van der Waals surface area contributed by atoms with E-state index in [0.717, 1.165) is 23.9 Å². The number of fused-ring (bicyclic) bond motifs is 1. The molecule has 1 aromatic heterocycles. The van der Waals surface area contributed by atoms with Gasteiger partial charge < -0.3 is 9.15 Å². The second-order valence-corrected chi connectivity index (χ2v) is 5.07. The average molecular weight is 295 g/mol. The quantitative estimate of drug-likeness (QED) is 0.809. The minimum atomic E-state index is -0.0595. The van der Waals surface area contributed by atoms with Crippen LogP contribution in [0.5, 0.6) is 0 Å². The van der Waals surface area contributed by atoms with Gasteiger partial charge in [0.2, 0.25) is 0 Å². The molecular weight excluding hydrogens is 284 g/mol. The van der Waals surface area contributed by atoms with E-state index in [1.807, 2.05) is 6.07 Å². The third-order valence-corrected chi connectivity index (χ3v) is 3.45. The van der Waals surface area contributed by atoms with E-state index >= 15 is 0 Å². The van der Waals surface area contributed by atoms with E-state index in [9.17, 15) is 4.79 Å². The third-order valence-electron chi connectivity index (χ3n) is 2.96. The Labute approximate surface area is 107 Å². The van der Waals surface area contributed by atoms with Crippen molar-refractivity contribution in [1.82, 2.24) is 0 Å². The van der Waals surface area contributed by atoms with Gasteiger partial charge in [-0.15, -0.1) is 0 Å². The lowest BCUT2D eigenvalue weighted by atomic mass is 10.1. The van der Waals surface area contributed by atoms with E-state index in [1.54, 1.807) is 18.2 Å². The highest BCUT2D eigenvalue weighted by atomic mass is 79.9. The summed E-state index contributed by atoms with van der Waals surface area (Å²) in [6.45, 7) is 0.743. The zero-order valence-corrected chi connectivity index (χ0v) is 10.7. The zero-order valence-electron chi connectivity index (χ0n) is 9.11. The topological polar surface area (TPSA) is 39.4 Å². The highest BCUT2D eigenvalue weighted by Gasteiger charge is 2.21. The van der Waals surface area contributed by atoms with Crippen molar-refractivity contribution in [1.29, 1.82) is 0 Å². The standard InChI is InChI=1S/C13H11BrO3/c14-8-3-4-11-9(6-8)10(15)7-13(17-11)12-2-1-5-16-12/h3-4,6-7,12H,1-2,5H2/t12-/m0/s1. The van der Waals surface area contributed by atoms with Crippen LogP contribution >= 0.6 is 15.9 Å². The average Bonchev–Trinajstić information content (AvgIpc) is 2.83. The van der Waals surface area contributed by atoms with Crippen LogP contribution < -0.4 is 5.43 Å². The first-order valence-electron chi connectivity index (χ1n) is 5.59. The Balaban J connectivity index is 2.17. The first kappa shape index (κ1) is 11.0. The largest absolute Gasteiger partial charge is 0.458 e. The summed E-state index contributed by atoms with van der Waals surface area (Å²) >= 11 is 3.35. The van der Waals surface area contributed by atoms with Crippen molar-refractivity contribution in [2.24, 2.45) is 0 Å². The number of ether oxygens (including phenoxy) is 1. The summed E-state index contributed by atoms with van der Waals surface area (Å²) in [6.07, 6.45) is 1.88. The highest BCUT2D eigenvalue weighted by molar-refractivity contribution is 9.10. The maximum atomic E-state index is 12.0. The fourth-order valence-corrected chi connectivity index (χ4v) is 2.47. The summed E-state index contributed by atoms with van der Waals surface area (Å²) in [6, 6.07) is 7.00. The summed E-state index contributed by atoms with van der Waals surface area (Å²) in [5.41, 5.74) is 0.601. The summed E-state index contributed by atoms with van der Waals surface area (Å²) in [5, 5.41) is 0.598. The molecule has 1 fully saturated rings. The molecule has 0 spiro atoms. The second kappa shape index (κ2) is 4.27. The molecular formula is C13H11BrO3. The Morgan fingerprint density at radius 2 is 2.18 bits per heavy atom. The van der Waals surface area contributed by atoms with Crippen molar-refractivity contribution in [2.75, 3.05) is 6.61 Å². The van der Waals surface area contributed by atoms with Gasteiger partial charge in [-0.1, -0.05) is 15.9 Å². The van der Waals surface area contributed by atoms with Crippen molar-refractivity contribution >= 4 is 26.9 Å². The van der Waals surface area contributed by atoms with Crippen LogP contribution in [0, 0.1) is 0 Å². The number of hydrogen-bond donors (Lipinski definition) is 0. The number of benzene rings is 1. The first-order valence-corrected chi connectivity index (χ1v) is 6.38. The molecule has 4 heteroatoms.